The molecule has 154 valence electrons. The number of hydrogen-bond acceptors (Lipinski definition) is 2. The van der Waals surface area contributed by atoms with Crippen molar-refractivity contribution in [2.45, 2.75) is 52.5 Å². The molecule has 2 aromatic carbocycles. The highest BCUT2D eigenvalue weighted by Gasteiger charge is 2.36. The van der Waals surface area contributed by atoms with Gasteiger partial charge in [-0.05, 0) is 74.4 Å². The van der Waals surface area contributed by atoms with Gasteiger partial charge in [-0.1, -0.05) is 48.9 Å². The van der Waals surface area contributed by atoms with Crippen molar-refractivity contribution in [1.29, 1.82) is 0 Å². The Hall–Kier alpha value is -2.81. The van der Waals surface area contributed by atoms with Crippen LogP contribution >= 0.6 is 0 Å². The summed E-state index contributed by atoms with van der Waals surface area (Å²) in [4.78, 5) is 11.2. The fraction of sp³-hybridized carbons (Fsp3) is 0.370. The van der Waals surface area contributed by atoms with E-state index in [1.54, 1.807) is 0 Å². The van der Waals surface area contributed by atoms with Gasteiger partial charge in [0.1, 0.15) is 5.82 Å². The summed E-state index contributed by atoms with van der Waals surface area (Å²) in [5.41, 5.74) is 8.91. The maximum atomic E-state index is 5.03. The average Bonchev–Trinajstić information content (AvgIpc) is 3.31. The van der Waals surface area contributed by atoms with Crippen LogP contribution in [-0.4, -0.2) is 21.4 Å². The topological polar surface area (TPSA) is 31.9 Å². The van der Waals surface area contributed by atoms with Gasteiger partial charge in [0.05, 0.1) is 17.1 Å². The highest BCUT2D eigenvalue weighted by atomic mass is 15.2. The van der Waals surface area contributed by atoms with E-state index in [1.807, 2.05) is 0 Å². The lowest BCUT2D eigenvalue weighted by Crippen LogP contribution is -2.26. The number of nitrogens with one attached hydrogen (secondary N) is 1. The van der Waals surface area contributed by atoms with Gasteiger partial charge in [-0.15, -0.1) is 0 Å². The predicted molar refractivity (Wildman–Crippen MR) is 125 cm³/mol. The number of imidazole rings is 1. The molecule has 1 aliphatic heterocycles. The lowest BCUT2D eigenvalue weighted by atomic mass is 9.90. The fourth-order valence-electron chi connectivity index (χ4n) is 4.99. The standard InChI is InChI=1S/C27H31N3/c1-17-8-10-21(11-9-17)22-6-5-7-23(16-22)30-13-12-18(2)26(30)27-28-24-14-19(3)20(4)15-25(24)29-27/h5,7-11,14-16,18,22,26H,6,12-13H2,1-4H3,(H,28,29)/t18-,22?,26-/m0/s1. The minimum Gasteiger partial charge on any atom is -0.361 e. The molecule has 1 N–H and O–H groups in total. The number of aromatic amines is 1. The van der Waals surface area contributed by atoms with Crippen molar-refractivity contribution >= 4 is 11.0 Å². The summed E-state index contributed by atoms with van der Waals surface area (Å²) in [5.74, 6) is 2.12. The second kappa shape index (κ2) is 7.46. The summed E-state index contributed by atoms with van der Waals surface area (Å²) in [6.45, 7) is 9.92. The monoisotopic (exact) mass is 397 g/mol. The number of aromatic nitrogens is 2. The van der Waals surface area contributed by atoms with Crippen LogP contribution in [0, 0.1) is 26.7 Å². The zero-order valence-electron chi connectivity index (χ0n) is 18.4. The van der Waals surface area contributed by atoms with Crippen LogP contribution in [0.5, 0.6) is 0 Å². The predicted octanol–water partition coefficient (Wildman–Crippen LogP) is 6.50. The van der Waals surface area contributed by atoms with Crippen LogP contribution in [0.3, 0.4) is 0 Å². The number of benzene rings is 2. The van der Waals surface area contributed by atoms with Gasteiger partial charge < -0.3 is 9.88 Å². The SMILES string of the molecule is Cc1ccc(C2C=C(N3CC[C@H](C)[C@H]3c3nc4cc(C)c(C)cc4[nH]3)C=CC2)cc1. The third kappa shape index (κ3) is 3.36. The molecule has 30 heavy (non-hydrogen) atoms. The lowest BCUT2D eigenvalue weighted by Gasteiger charge is -2.31. The molecule has 0 amide bonds. The normalized spacial score (nSPS) is 23.9. The van der Waals surface area contributed by atoms with E-state index in [0.717, 1.165) is 29.8 Å². The van der Waals surface area contributed by atoms with E-state index >= 15 is 0 Å². The Morgan fingerprint density at radius 3 is 2.60 bits per heavy atom. The molecule has 2 heterocycles. The maximum absolute atomic E-state index is 5.03. The molecule has 2 aliphatic rings. The van der Waals surface area contributed by atoms with Crippen LogP contribution in [0.4, 0.5) is 0 Å². The molecule has 3 aromatic rings. The van der Waals surface area contributed by atoms with Gasteiger partial charge >= 0.3 is 0 Å². The van der Waals surface area contributed by atoms with Gasteiger partial charge in [-0.25, -0.2) is 4.98 Å². The molecule has 5 rings (SSSR count). The molecule has 1 fully saturated rings. The molecule has 1 saturated heterocycles. The summed E-state index contributed by atoms with van der Waals surface area (Å²) >= 11 is 0. The van der Waals surface area contributed by atoms with Gasteiger partial charge in [0.25, 0.3) is 0 Å². The van der Waals surface area contributed by atoms with Crippen LogP contribution in [0.15, 0.2) is 60.3 Å². The summed E-state index contributed by atoms with van der Waals surface area (Å²) in [7, 11) is 0. The molecule has 1 aliphatic carbocycles. The minimum atomic E-state index is 0.297. The quantitative estimate of drug-likeness (QED) is 0.547. The molecule has 1 aromatic heterocycles. The highest BCUT2D eigenvalue weighted by molar-refractivity contribution is 5.77. The van der Waals surface area contributed by atoms with Crippen molar-refractivity contribution in [1.82, 2.24) is 14.9 Å². The van der Waals surface area contributed by atoms with Crippen molar-refractivity contribution in [2.24, 2.45) is 5.92 Å². The van der Waals surface area contributed by atoms with Crippen LogP contribution in [0.25, 0.3) is 11.0 Å². The summed E-state index contributed by atoms with van der Waals surface area (Å²) in [6, 6.07) is 13.7. The van der Waals surface area contributed by atoms with E-state index in [2.05, 4.69) is 92.2 Å². The number of allylic oxidation sites excluding steroid dienone is 3. The van der Waals surface area contributed by atoms with Gasteiger partial charge in [0, 0.05) is 18.2 Å². The van der Waals surface area contributed by atoms with Gasteiger partial charge in [0.2, 0.25) is 0 Å². The molecule has 0 radical (unpaired) electrons. The number of likely N-dealkylation sites (tertiary alicyclic amines) is 1. The van der Waals surface area contributed by atoms with Crippen molar-refractivity contribution in [3.8, 4) is 0 Å². The Balaban J connectivity index is 1.49. The number of H-pyrrole nitrogens is 1. The van der Waals surface area contributed by atoms with E-state index in [1.165, 1.54) is 34.4 Å². The van der Waals surface area contributed by atoms with E-state index in [-0.39, 0.29) is 0 Å². The minimum absolute atomic E-state index is 0.297. The van der Waals surface area contributed by atoms with Crippen molar-refractivity contribution in [3.63, 3.8) is 0 Å². The Morgan fingerprint density at radius 2 is 1.80 bits per heavy atom. The Labute approximate surface area is 179 Å². The zero-order chi connectivity index (χ0) is 20.8. The van der Waals surface area contributed by atoms with E-state index in [4.69, 9.17) is 4.98 Å². The molecule has 3 atom stereocenters. The maximum Gasteiger partial charge on any atom is 0.130 e. The van der Waals surface area contributed by atoms with E-state index < -0.39 is 0 Å². The number of aryl methyl sites for hydroxylation is 3. The zero-order valence-corrected chi connectivity index (χ0v) is 18.4. The fourth-order valence-corrected chi connectivity index (χ4v) is 4.99. The number of nitrogens with zero attached hydrogens (tertiary/aromatic N) is 2. The van der Waals surface area contributed by atoms with Crippen molar-refractivity contribution in [2.75, 3.05) is 6.54 Å². The number of hydrogen-bond donors (Lipinski definition) is 1. The van der Waals surface area contributed by atoms with Gasteiger partial charge in [0.15, 0.2) is 0 Å². The van der Waals surface area contributed by atoms with Crippen LogP contribution in [-0.2, 0) is 0 Å². The highest BCUT2D eigenvalue weighted by Crippen LogP contribution is 2.41. The molecule has 3 heteroatoms. The van der Waals surface area contributed by atoms with Crippen molar-refractivity contribution < 1.29 is 0 Å². The largest absolute Gasteiger partial charge is 0.361 e. The number of rotatable bonds is 3. The summed E-state index contributed by atoms with van der Waals surface area (Å²) in [6.07, 6.45) is 9.38. The molecule has 1 unspecified atom stereocenters. The molecular weight excluding hydrogens is 366 g/mol. The number of fused-ring (bicyclic) bond motifs is 1. The lowest BCUT2D eigenvalue weighted by molar-refractivity contribution is 0.289. The Bertz CT molecular complexity index is 1090. The first-order valence-corrected chi connectivity index (χ1v) is 11.2. The van der Waals surface area contributed by atoms with E-state index in [9.17, 15) is 0 Å². The molecule has 0 spiro atoms. The molecule has 0 saturated carbocycles. The Morgan fingerprint density at radius 1 is 1.03 bits per heavy atom. The smallest absolute Gasteiger partial charge is 0.130 e. The van der Waals surface area contributed by atoms with Gasteiger partial charge in [-0.2, -0.15) is 0 Å². The molecular formula is C27H31N3. The Kier molecular flexibility index (Phi) is 4.77. The molecule has 0 bridgehead atoms. The first-order chi connectivity index (χ1) is 14.5. The van der Waals surface area contributed by atoms with E-state index in [0.29, 0.717) is 17.9 Å². The van der Waals surface area contributed by atoms with Gasteiger partial charge in [-0.3, -0.25) is 0 Å². The van der Waals surface area contributed by atoms with Crippen LogP contribution in [0.2, 0.25) is 0 Å². The van der Waals surface area contributed by atoms with Crippen LogP contribution < -0.4 is 0 Å². The summed E-state index contributed by atoms with van der Waals surface area (Å²) < 4.78 is 0. The molecule has 3 nitrogen and oxygen atoms in total. The van der Waals surface area contributed by atoms with Crippen LogP contribution in [0.1, 0.15) is 59.8 Å². The first-order valence-electron chi connectivity index (χ1n) is 11.2. The third-order valence-corrected chi connectivity index (χ3v) is 6.98. The average molecular weight is 398 g/mol. The second-order valence-electron chi connectivity index (χ2n) is 9.23. The second-order valence-corrected chi connectivity index (χ2v) is 9.23. The summed E-state index contributed by atoms with van der Waals surface area (Å²) in [5, 5.41) is 0. The third-order valence-electron chi connectivity index (χ3n) is 6.98. The first kappa shape index (κ1) is 19.2. The van der Waals surface area contributed by atoms with Crippen molar-refractivity contribution in [3.05, 3.63) is 88.4 Å².